The van der Waals surface area contributed by atoms with Gasteiger partial charge in [-0.1, -0.05) is 0 Å². The largest absolute Gasteiger partial charge is 0.464 e. The summed E-state index contributed by atoms with van der Waals surface area (Å²) in [6, 6.07) is 3.40. The average molecular weight is 273 g/mol. The van der Waals surface area contributed by atoms with Crippen LogP contribution in [0.3, 0.4) is 0 Å². The Labute approximate surface area is 92.0 Å². The van der Waals surface area contributed by atoms with Gasteiger partial charge in [0.1, 0.15) is 5.01 Å². The quantitative estimate of drug-likeness (QED) is 0.869. The Morgan fingerprint density at radius 3 is 2.93 bits per heavy atom. The second-order valence-electron chi connectivity index (χ2n) is 2.50. The van der Waals surface area contributed by atoms with Gasteiger partial charge >= 0.3 is 6.09 Å². The predicted octanol–water partition coefficient (Wildman–Crippen LogP) is 2.90. The summed E-state index contributed by atoms with van der Waals surface area (Å²) in [5.74, 6) is 0. The molecule has 0 unspecified atom stereocenters. The second kappa shape index (κ2) is 3.55. The van der Waals surface area contributed by atoms with Crippen LogP contribution in [0.15, 0.2) is 28.3 Å². The van der Waals surface area contributed by atoms with Gasteiger partial charge in [0.25, 0.3) is 0 Å². The molecule has 0 radical (unpaired) electrons. The molecule has 0 atom stereocenters. The van der Waals surface area contributed by atoms with Gasteiger partial charge in [0.05, 0.1) is 10.3 Å². The molecule has 2 heterocycles. The molecule has 1 N–H and O–H groups in total. The topological polar surface area (TPSA) is 55.1 Å². The van der Waals surface area contributed by atoms with Crippen molar-refractivity contribution in [3.05, 3.63) is 28.3 Å². The SMILES string of the molecule is O=C(O)n1c(Br)ccc1-c1nccs1. The fourth-order valence-corrected chi connectivity index (χ4v) is 2.25. The summed E-state index contributed by atoms with van der Waals surface area (Å²) in [4.78, 5) is 15.0. The molecule has 0 aliphatic carbocycles. The first kappa shape index (κ1) is 9.42. The number of nitrogens with zero attached hydrogens (tertiary/aromatic N) is 2. The van der Waals surface area contributed by atoms with Crippen molar-refractivity contribution in [2.45, 2.75) is 0 Å². The number of hydrogen-bond donors (Lipinski definition) is 1. The molecule has 4 nitrogen and oxygen atoms in total. The maximum atomic E-state index is 10.9. The maximum Gasteiger partial charge on any atom is 0.417 e. The molecule has 0 spiro atoms. The first-order valence-corrected chi connectivity index (χ1v) is 5.38. The van der Waals surface area contributed by atoms with Crippen molar-refractivity contribution in [3.63, 3.8) is 0 Å². The van der Waals surface area contributed by atoms with Crippen molar-refractivity contribution in [2.75, 3.05) is 0 Å². The van der Waals surface area contributed by atoms with Gasteiger partial charge in [0.15, 0.2) is 0 Å². The van der Waals surface area contributed by atoms with Crippen LogP contribution in [-0.2, 0) is 0 Å². The minimum Gasteiger partial charge on any atom is -0.464 e. The van der Waals surface area contributed by atoms with E-state index in [1.165, 1.54) is 11.3 Å². The Hall–Kier alpha value is -1.14. The highest BCUT2D eigenvalue weighted by molar-refractivity contribution is 9.10. The number of halogens is 1. The lowest BCUT2D eigenvalue weighted by atomic mass is 10.4. The molecule has 0 aliphatic heterocycles. The fraction of sp³-hybridized carbons (Fsp3) is 0. The second-order valence-corrected chi connectivity index (χ2v) is 4.20. The van der Waals surface area contributed by atoms with Crippen molar-refractivity contribution in [1.29, 1.82) is 0 Å². The predicted molar refractivity (Wildman–Crippen MR) is 56.7 cm³/mol. The smallest absolute Gasteiger partial charge is 0.417 e. The third-order valence-corrected chi connectivity index (χ3v) is 3.09. The summed E-state index contributed by atoms with van der Waals surface area (Å²) in [5.41, 5.74) is 0.583. The van der Waals surface area contributed by atoms with Gasteiger partial charge in [-0.25, -0.2) is 14.3 Å². The van der Waals surface area contributed by atoms with Crippen LogP contribution in [0.2, 0.25) is 0 Å². The maximum absolute atomic E-state index is 10.9. The highest BCUT2D eigenvalue weighted by atomic mass is 79.9. The molecule has 2 aromatic rings. The summed E-state index contributed by atoms with van der Waals surface area (Å²) >= 11 is 4.57. The van der Waals surface area contributed by atoms with E-state index in [1.807, 2.05) is 5.38 Å². The van der Waals surface area contributed by atoms with Gasteiger partial charge < -0.3 is 5.11 Å². The fourth-order valence-electron chi connectivity index (χ4n) is 1.12. The van der Waals surface area contributed by atoms with Crippen molar-refractivity contribution >= 4 is 33.4 Å². The Morgan fingerprint density at radius 2 is 2.36 bits per heavy atom. The Bertz CT molecular complexity index is 464. The van der Waals surface area contributed by atoms with E-state index in [1.54, 1.807) is 18.3 Å². The molecule has 0 aromatic carbocycles. The molecule has 0 amide bonds. The van der Waals surface area contributed by atoms with Crippen LogP contribution < -0.4 is 0 Å². The Balaban J connectivity index is 2.60. The van der Waals surface area contributed by atoms with Gasteiger partial charge in [0.2, 0.25) is 0 Å². The third-order valence-electron chi connectivity index (χ3n) is 1.68. The summed E-state index contributed by atoms with van der Waals surface area (Å²) in [6.45, 7) is 0. The molecule has 0 saturated carbocycles. The third kappa shape index (κ3) is 1.46. The first-order chi connectivity index (χ1) is 6.70. The summed E-state index contributed by atoms with van der Waals surface area (Å²) in [6.07, 6.45) is 0.625. The minimum atomic E-state index is -1.02. The summed E-state index contributed by atoms with van der Waals surface area (Å²) in [5, 5.41) is 11.4. The van der Waals surface area contributed by atoms with Crippen molar-refractivity contribution < 1.29 is 9.90 Å². The van der Waals surface area contributed by atoms with Gasteiger partial charge in [-0.3, -0.25) is 0 Å². The van der Waals surface area contributed by atoms with Crippen molar-refractivity contribution in [1.82, 2.24) is 9.55 Å². The number of thiazole rings is 1. The molecule has 0 bridgehead atoms. The lowest BCUT2D eigenvalue weighted by Crippen LogP contribution is -2.09. The van der Waals surface area contributed by atoms with Crippen molar-refractivity contribution in [3.8, 4) is 10.7 Å². The zero-order chi connectivity index (χ0) is 10.1. The molecular formula is C8H5BrN2O2S. The molecule has 14 heavy (non-hydrogen) atoms. The van der Waals surface area contributed by atoms with Gasteiger partial charge in [-0.05, 0) is 28.1 Å². The highest BCUT2D eigenvalue weighted by Gasteiger charge is 2.14. The van der Waals surface area contributed by atoms with Crippen LogP contribution in [-0.4, -0.2) is 20.8 Å². The standard InChI is InChI=1S/C8H5BrN2O2S/c9-6-2-1-5(11(6)8(12)13)7-10-3-4-14-7/h1-4H,(H,12,13). The number of hydrogen-bond acceptors (Lipinski definition) is 3. The van der Waals surface area contributed by atoms with E-state index in [2.05, 4.69) is 20.9 Å². The number of aromatic nitrogens is 2. The van der Waals surface area contributed by atoms with Crippen LogP contribution >= 0.6 is 27.3 Å². The van der Waals surface area contributed by atoms with Crippen molar-refractivity contribution in [2.24, 2.45) is 0 Å². The lowest BCUT2D eigenvalue weighted by molar-refractivity contribution is 0.196. The minimum absolute atomic E-state index is 0.509. The number of rotatable bonds is 1. The molecular weight excluding hydrogens is 268 g/mol. The van der Waals surface area contributed by atoms with Crippen LogP contribution in [0.25, 0.3) is 10.7 Å². The van der Waals surface area contributed by atoms with Crippen LogP contribution in [0.4, 0.5) is 4.79 Å². The normalized spacial score (nSPS) is 10.4. The first-order valence-electron chi connectivity index (χ1n) is 3.70. The van der Waals surface area contributed by atoms with E-state index < -0.39 is 6.09 Å². The number of carboxylic acid groups (broad SMARTS) is 1. The van der Waals surface area contributed by atoms with E-state index in [0.717, 1.165) is 4.57 Å². The number of carbonyl (C=O) groups is 1. The average Bonchev–Trinajstić information content (AvgIpc) is 2.70. The van der Waals surface area contributed by atoms with E-state index in [4.69, 9.17) is 5.11 Å². The van der Waals surface area contributed by atoms with E-state index in [9.17, 15) is 4.79 Å². The van der Waals surface area contributed by atoms with E-state index in [-0.39, 0.29) is 0 Å². The molecule has 72 valence electrons. The van der Waals surface area contributed by atoms with Crippen LogP contribution in [0.5, 0.6) is 0 Å². The monoisotopic (exact) mass is 272 g/mol. The van der Waals surface area contributed by atoms with E-state index in [0.29, 0.717) is 15.3 Å². The zero-order valence-corrected chi connectivity index (χ0v) is 9.25. The van der Waals surface area contributed by atoms with Crippen LogP contribution in [0, 0.1) is 0 Å². The zero-order valence-electron chi connectivity index (χ0n) is 6.85. The molecule has 6 heteroatoms. The molecule has 0 fully saturated rings. The summed E-state index contributed by atoms with van der Waals surface area (Å²) in [7, 11) is 0. The Kier molecular flexibility index (Phi) is 2.39. The molecule has 2 rings (SSSR count). The summed E-state index contributed by atoms with van der Waals surface area (Å²) < 4.78 is 1.66. The highest BCUT2D eigenvalue weighted by Crippen LogP contribution is 2.26. The van der Waals surface area contributed by atoms with E-state index >= 15 is 0 Å². The van der Waals surface area contributed by atoms with Crippen LogP contribution in [0.1, 0.15) is 0 Å². The van der Waals surface area contributed by atoms with Gasteiger partial charge in [0, 0.05) is 11.6 Å². The Morgan fingerprint density at radius 1 is 1.57 bits per heavy atom. The van der Waals surface area contributed by atoms with Gasteiger partial charge in [-0.15, -0.1) is 11.3 Å². The lowest BCUT2D eigenvalue weighted by Gasteiger charge is -2.01. The molecule has 0 saturated heterocycles. The van der Waals surface area contributed by atoms with Gasteiger partial charge in [-0.2, -0.15) is 0 Å². The molecule has 0 aliphatic rings. The molecule has 2 aromatic heterocycles.